The van der Waals surface area contributed by atoms with Gasteiger partial charge in [-0.1, -0.05) is 0 Å². The molecule has 3 rings (SSSR count). The van der Waals surface area contributed by atoms with Crippen LogP contribution in [0.4, 0.5) is 5.13 Å². The van der Waals surface area contributed by atoms with Gasteiger partial charge in [0.1, 0.15) is 5.75 Å². The molecule has 0 unspecified atom stereocenters. The van der Waals surface area contributed by atoms with Crippen LogP contribution >= 0.6 is 11.3 Å². The van der Waals surface area contributed by atoms with Gasteiger partial charge in [0.15, 0.2) is 5.13 Å². The Bertz CT molecular complexity index is 759. The van der Waals surface area contributed by atoms with Crippen LogP contribution in [-0.4, -0.2) is 74.5 Å². The number of thiazole rings is 1. The Labute approximate surface area is 156 Å². The Balaban J connectivity index is 1.89. The van der Waals surface area contributed by atoms with Crippen LogP contribution in [0.25, 0.3) is 11.3 Å². The van der Waals surface area contributed by atoms with Gasteiger partial charge in [0.05, 0.1) is 32.6 Å². The van der Waals surface area contributed by atoms with E-state index in [0.717, 1.165) is 29.5 Å². The number of aliphatic hydroxyl groups excluding tert-OH is 1. The number of morpholine rings is 1. The molecule has 2 heterocycles. The number of methoxy groups -OCH3 is 1. The summed E-state index contributed by atoms with van der Waals surface area (Å²) in [4.78, 5) is 20.9. The van der Waals surface area contributed by atoms with Crippen molar-refractivity contribution in [2.24, 2.45) is 0 Å². The van der Waals surface area contributed by atoms with Crippen LogP contribution in [0.5, 0.6) is 5.75 Å². The lowest BCUT2D eigenvalue weighted by molar-refractivity contribution is 0.0767. The highest BCUT2D eigenvalue weighted by atomic mass is 32.1. The Morgan fingerprint density at radius 1 is 1.42 bits per heavy atom. The van der Waals surface area contributed by atoms with Gasteiger partial charge in [-0.3, -0.25) is 4.79 Å². The normalized spacial score (nSPS) is 14.3. The molecule has 0 atom stereocenters. The van der Waals surface area contributed by atoms with E-state index in [1.165, 1.54) is 4.90 Å². The Morgan fingerprint density at radius 3 is 2.88 bits per heavy atom. The highest BCUT2D eigenvalue weighted by Crippen LogP contribution is 2.34. The average molecular weight is 377 g/mol. The molecule has 0 aliphatic carbocycles. The van der Waals surface area contributed by atoms with Gasteiger partial charge in [-0.2, -0.15) is 0 Å². The van der Waals surface area contributed by atoms with Crippen molar-refractivity contribution in [1.29, 1.82) is 0 Å². The molecule has 26 heavy (non-hydrogen) atoms. The van der Waals surface area contributed by atoms with Gasteiger partial charge in [-0.25, -0.2) is 4.98 Å². The van der Waals surface area contributed by atoms with E-state index in [1.54, 1.807) is 43.7 Å². The Morgan fingerprint density at radius 2 is 2.19 bits per heavy atom. The van der Waals surface area contributed by atoms with Crippen LogP contribution < -0.4 is 9.64 Å². The van der Waals surface area contributed by atoms with Gasteiger partial charge < -0.3 is 24.4 Å². The molecule has 1 saturated heterocycles. The van der Waals surface area contributed by atoms with Crippen molar-refractivity contribution >= 4 is 22.4 Å². The zero-order valence-corrected chi connectivity index (χ0v) is 15.8. The quantitative estimate of drug-likeness (QED) is 0.826. The fourth-order valence-electron chi connectivity index (χ4n) is 2.80. The highest BCUT2D eigenvalue weighted by Gasteiger charge is 2.19. The molecule has 8 heteroatoms. The summed E-state index contributed by atoms with van der Waals surface area (Å²) in [6, 6.07) is 5.31. The fourth-order valence-corrected chi connectivity index (χ4v) is 3.68. The number of amides is 1. The second kappa shape index (κ2) is 8.48. The minimum Gasteiger partial charge on any atom is -0.496 e. The molecule has 140 valence electrons. The van der Waals surface area contributed by atoms with Crippen molar-refractivity contribution < 1.29 is 19.4 Å². The van der Waals surface area contributed by atoms with E-state index in [0.29, 0.717) is 24.5 Å². The molecule has 0 saturated carbocycles. The molecule has 1 aromatic carbocycles. The molecule has 1 aromatic heterocycles. The lowest BCUT2D eigenvalue weighted by Gasteiger charge is -2.26. The molecule has 1 fully saturated rings. The minimum atomic E-state index is -0.147. The molecule has 0 spiro atoms. The van der Waals surface area contributed by atoms with Gasteiger partial charge in [-0.05, 0) is 18.2 Å². The predicted molar refractivity (Wildman–Crippen MR) is 101 cm³/mol. The number of nitrogens with zero attached hydrogens (tertiary/aromatic N) is 3. The van der Waals surface area contributed by atoms with Crippen molar-refractivity contribution in [2.45, 2.75) is 0 Å². The summed E-state index contributed by atoms with van der Waals surface area (Å²) in [7, 11) is 3.27. The Hall–Kier alpha value is -2.16. The molecular weight excluding hydrogens is 354 g/mol. The van der Waals surface area contributed by atoms with E-state index in [9.17, 15) is 4.79 Å². The van der Waals surface area contributed by atoms with Crippen molar-refractivity contribution in [1.82, 2.24) is 9.88 Å². The van der Waals surface area contributed by atoms with Crippen LogP contribution in [0.2, 0.25) is 0 Å². The van der Waals surface area contributed by atoms with Gasteiger partial charge >= 0.3 is 0 Å². The van der Waals surface area contributed by atoms with Crippen molar-refractivity contribution in [3.63, 3.8) is 0 Å². The molecule has 2 aromatic rings. The summed E-state index contributed by atoms with van der Waals surface area (Å²) in [5.41, 5.74) is 2.11. The first-order valence-corrected chi connectivity index (χ1v) is 9.35. The van der Waals surface area contributed by atoms with Crippen LogP contribution in [0.15, 0.2) is 23.6 Å². The molecule has 1 N–H and O–H groups in total. The summed E-state index contributed by atoms with van der Waals surface area (Å²) in [5.74, 6) is 0.525. The third-order valence-electron chi connectivity index (χ3n) is 4.28. The second-order valence-electron chi connectivity index (χ2n) is 5.98. The molecule has 1 aliphatic heterocycles. The third kappa shape index (κ3) is 3.98. The monoisotopic (exact) mass is 377 g/mol. The summed E-state index contributed by atoms with van der Waals surface area (Å²) >= 11 is 1.57. The van der Waals surface area contributed by atoms with Gasteiger partial charge in [0.25, 0.3) is 5.91 Å². The van der Waals surface area contributed by atoms with E-state index >= 15 is 0 Å². The number of hydrogen-bond acceptors (Lipinski definition) is 7. The topological polar surface area (TPSA) is 75.1 Å². The number of anilines is 1. The molecular formula is C18H23N3O4S. The number of carbonyl (C=O) groups is 1. The SMILES string of the molecule is COc1ccc(C(=O)N(C)CCO)cc1-c1csc(N2CCOCC2)n1. The first-order valence-electron chi connectivity index (χ1n) is 8.47. The van der Waals surface area contributed by atoms with E-state index in [2.05, 4.69) is 4.90 Å². The Kier molecular flexibility index (Phi) is 6.08. The number of aliphatic hydroxyl groups is 1. The fraction of sp³-hybridized carbons (Fsp3) is 0.444. The van der Waals surface area contributed by atoms with E-state index in [1.807, 2.05) is 5.38 Å². The van der Waals surface area contributed by atoms with Crippen LogP contribution in [0.1, 0.15) is 10.4 Å². The summed E-state index contributed by atoms with van der Waals surface area (Å²) < 4.78 is 10.9. The maximum atomic E-state index is 12.5. The first kappa shape index (κ1) is 18.6. The number of hydrogen-bond donors (Lipinski definition) is 1. The third-order valence-corrected chi connectivity index (χ3v) is 5.18. The van der Waals surface area contributed by atoms with Crippen LogP contribution in [0, 0.1) is 0 Å². The summed E-state index contributed by atoms with van der Waals surface area (Å²) in [5, 5.41) is 12.0. The molecule has 0 bridgehead atoms. The van der Waals surface area contributed by atoms with Crippen LogP contribution in [-0.2, 0) is 4.74 Å². The first-order chi connectivity index (χ1) is 12.6. The zero-order valence-electron chi connectivity index (χ0n) is 15.0. The number of likely N-dealkylation sites (N-methyl/N-ethyl adjacent to an activating group) is 1. The van der Waals surface area contributed by atoms with E-state index < -0.39 is 0 Å². The lowest BCUT2D eigenvalue weighted by atomic mass is 10.1. The summed E-state index contributed by atoms with van der Waals surface area (Å²) in [6.45, 7) is 3.29. The number of aromatic nitrogens is 1. The molecule has 7 nitrogen and oxygen atoms in total. The molecule has 0 radical (unpaired) electrons. The van der Waals surface area contributed by atoms with Gasteiger partial charge in [0, 0.05) is 43.2 Å². The van der Waals surface area contributed by atoms with Crippen LogP contribution in [0.3, 0.4) is 0 Å². The van der Waals surface area contributed by atoms with Gasteiger partial charge in [-0.15, -0.1) is 11.3 Å². The lowest BCUT2D eigenvalue weighted by Crippen LogP contribution is -2.36. The maximum Gasteiger partial charge on any atom is 0.253 e. The highest BCUT2D eigenvalue weighted by molar-refractivity contribution is 7.14. The largest absolute Gasteiger partial charge is 0.496 e. The van der Waals surface area contributed by atoms with Crippen molar-refractivity contribution in [3.8, 4) is 17.0 Å². The van der Waals surface area contributed by atoms with Gasteiger partial charge in [0.2, 0.25) is 0 Å². The van der Waals surface area contributed by atoms with Crippen molar-refractivity contribution in [2.75, 3.05) is 58.5 Å². The number of ether oxygens (including phenoxy) is 2. The number of benzene rings is 1. The van der Waals surface area contributed by atoms with Crippen molar-refractivity contribution in [3.05, 3.63) is 29.1 Å². The standard InChI is InChI=1S/C18H23N3O4S/c1-20(5-8-22)17(23)13-3-4-16(24-2)14(11-13)15-12-26-18(19-15)21-6-9-25-10-7-21/h3-4,11-12,22H,5-10H2,1-2H3. The summed E-state index contributed by atoms with van der Waals surface area (Å²) in [6.07, 6.45) is 0. The molecule has 1 amide bonds. The predicted octanol–water partition coefficient (Wildman–Crippen LogP) is 1.72. The van der Waals surface area contributed by atoms with E-state index in [-0.39, 0.29) is 19.1 Å². The zero-order chi connectivity index (χ0) is 18.5. The average Bonchev–Trinajstić information content (AvgIpc) is 3.18. The maximum absolute atomic E-state index is 12.5. The number of carbonyl (C=O) groups excluding carboxylic acids is 1. The van der Waals surface area contributed by atoms with E-state index in [4.69, 9.17) is 19.6 Å². The molecule has 1 aliphatic rings. The second-order valence-corrected chi connectivity index (χ2v) is 6.82. The minimum absolute atomic E-state index is 0.0692. The number of rotatable bonds is 6. The smallest absolute Gasteiger partial charge is 0.253 e.